The number of nitrogens with two attached hydrogens (primary N) is 1. The Morgan fingerprint density at radius 3 is 2.38 bits per heavy atom. The molecule has 0 aromatic carbocycles. The van der Waals surface area contributed by atoms with Gasteiger partial charge in [-0.15, -0.1) is 0 Å². The molecule has 1 nitrogen and oxygen atoms in total. The first-order valence-corrected chi connectivity index (χ1v) is 3.03. The molecule has 2 heteroatoms. The number of halogens is 1. The van der Waals surface area contributed by atoms with Crippen LogP contribution >= 0.6 is 0 Å². The van der Waals surface area contributed by atoms with Gasteiger partial charge in [-0.05, 0) is 12.8 Å². The summed E-state index contributed by atoms with van der Waals surface area (Å²) in [5.74, 6) is 0. The number of hydrogen-bond acceptors (Lipinski definition) is 1. The molecule has 0 bridgehead atoms. The summed E-state index contributed by atoms with van der Waals surface area (Å²) in [5, 5.41) is 0. The third-order valence-corrected chi connectivity index (χ3v) is 2.00. The summed E-state index contributed by atoms with van der Waals surface area (Å²) < 4.78 is 12.6. The normalized spacial score (nSPS) is 27.4. The fourth-order valence-electron chi connectivity index (χ4n) is 0.795. The van der Waals surface area contributed by atoms with E-state index in [9.17, 15) is 4.39 Å². The minimum atomic E-state index is -0.762. The highest BCUT2D eigenvalue weighted by molar-refractivity contribution is 4.95. The third kappa shape index (κ3) is 0.848. The van der Waals surface area contributed by atoms with Crippen molar-refractivity contribution in [3.63, 3.8) is 0 Å². The Bertz CT molecular complexity index is 88.5. The molecule has 0 saturated heterocycles. The zero-order valence-corrected chi connectivity index (χ0v) is 5.15. The van der Waals surface area contributed by atoms with Gasteiger partial charge in [0.1, 0.15) is 6.17 Å². The first kappa shape index (κ1) is 6.02. The van der Waals surface area contributed by atoms with E-state index >= 15 is 0 Å². The van der Waals surface area contributed by atoms with Crippen LogP contribution in [-0.4, -0.2) is 12.7 Å². The van der Waals surface area contributed by atoms with E-state index in [1.54, 1.807) is 0 Å². The SMILES string of the molecule is CC1(C(F)CN)CC1. The van der Waals surface area contributed by atoms with Crippen molar-refractivity contribution in [3.05, 3.63) is 0 Å². The van der Waals surface area contributed by atoms with Crippen molar-refractivity contribution < 1.29 is 4.39 Å². The van der Waals surface area contributed by atoms with E-state index < -0.39 is 6.17 Å². The lowest BCUT2D eigenvalue weighted by Gasteiger charge is -2.10. The first-order chi connectivity index (χ1) is 3.69. The Labute approximate surface area is 49.1 Å². The zero-order valence-electron chi connectivity index (χ0n) is 5.15. The average molecular weight is 117 g/mol. The Balaban J connectivity index is 2.34. The molecule has 1 aliphatic rings. The number of rotatable bonds is 2. The quantitative estimate of drug-likeness (QED) is 0.575. The van der Waals surface area contributed by atoms with Crippen LogP contribution in [0.25, 0.3) is 0 Å². The van der Waals surface area contributed by atoms with Gasteiger partial charge in [0.05, 0.1) is 0 Å². The van der Waals surface area contributed by atoms with Crippen molar-refractivity contribution in [2.24, 2.45) is 11.1 Å². The van der Waals surface area contributed by atoms with E-state index in [1.807, 2.05) is 6.92 Å². The maximum absolute atomic E-state index is 12.6. The van der Waals surface area contributed by atoms with Gasteiger partial charge < -0.3 is 5.73 Å². The monoisotopic (exact) mass is 117 g/mol. The molecule has 1 unspecified atom stereocenters. The lowest BCUT2D eigenvalue weighted by atomic mass is 10.0. The summed E-state index contributed by atoms with van der Waals surface area (Å²) in [4.78, 5) is 0. The molecule has 2 N–H and O–H groups in total. The first-order valence-electron chi connectivity index (χ1n) is 3.03. The molecule has 8 heavy (non-hydrogen) atoms. The Hall–Kier alpha value is -0.110. The maximum atomic E-state index is 12.6. The number of alkyl halides is 1. The summed E-state index contributed by atoms with van der Waals surface area (Å²) in [5.41, 5.74) is 5.09. The standard InChI is InChI=1S/C6H12FN/c1-6(2-3-6)5(7)4-8/h5H,2-4,8H2,1H3. The van der Waals surface area contributed by atoms with Gasteiger partial charge in [0.15, 0.2) is 0 Å². The van der Waals surface area contributed by atoms with E-state index in [2.05, 4.69) is 0 Å². The van der Waals surface area contributed by atoms with E-state index in [-0.39, 0.29) is 12.0 Å². The second kappa shape index (κ2) is 1.69. The average Bonchev–Trinajstić information content (AvgIpc) is 2.47. The van der Waals surface area contributed by atoms with Crippen LogP contribution < -0.4 is 5.73 Å². The highest BCUT2D eigenvalue weighted by Gasteiger charge is 2.44. The lowest BCUT2D eigenvalue weighted by molar-refractivity contribution is 0.231. The molecule has 0 amide bonds. The smallest absolute Gasteiger partial charge is 0.118 e. The topological polar surface area (TPSA) is 26.0 Å². The van der Waals surface area contributed by atoms with Crippen LogP contribution in [0, 0.1) is 5.41 Å². The second-order valence-corrected chi connectivity index (χ2v) is 2.86. The highest BCUT2D eigenvalue weighted by Crippen LogP contribution is 2.48. The van der Waals surface area contributed by atoms with E-state index in [1.165, 1.54) is 0 Å². The molecular formula is C6H12FN. The molecule has 0 aromatic heterocycles. The Kier molecular flexibility index (Phi) is 1.27. The van der Waals surface area contributed by atoms with Gasteiger partial charge in [0.25, 0.3) is 0 Å². The molecule has 1 saturated carbocycles. The van der Waals surface area contributed by atoms with Crippen molar-refractivity contribution in [1.82, 2.24) is 0 Å². The fraction of sp³-hybridized carbons (Fsp3) is 1.00. The summed E-state index contributed by atoms with van der Waals surface area (Å²) in [6, 6.07) is 0. The lowest BCUT2D eigenvalue weighted by Crippen LogP contribution is -2.23. The minimum Gasteiger partial charge on any atom is -0.328 e. The summed E-state index contributed by atoms with van der Waals surface area (Å²) in [7, 11) is 0. The van der Waals surface area contributed by atoms with Crippen LogP contribution in [0.15, 0.2) is 0 Å². The summed E-state index contributed by atoms with van der Waals surface area (Å²) >= 11 is 0. The molecule has 0 aliphatic heterocycles. The molecule has 0 heterocycles. The maximum Gasteiger partial charge on any atom is 0.118 e. The van der Waals surface area contributed by atoms with Crippen LogP contribution in [0.3, 0.4) is 0 Å². The Morgan fingerprint density at radius 2 is 2.25 bits per heavy atom. The third-order valence-electron chi connectivity index (χ3n) is 2.00. The van der Waals surface area contributed by atoms with Gasteiger partial charge in [0.2, 0.25) is 0 Å². The van der Waals surface area contributed by atoms with Crippen molar-refractivity contribution in [2.45, 2.75) is 25.9 Å². The molecule has 1 fully saturated rings. The van der Waals surface area contributed by atoms with E-state index in [0.29, 0.717) is 0 Å². The van der Waals surface area contributed by atoms with Gasteiger partial charge in [-0.2, -0.15) is 0 Å². The van der Waals surface area contributed by atoms with Crippen LogP contribution in [0.4, 0.5) is 4.39 Å². The van der Waals surface area contributed by atoms with Gasteiger partial charge in [-0.1, -0.05) is 6.92 Å². The predicted molar refractivity (Wildman–Crippen MR) is 31.3 cm³/mol. The Morgan fingerprint density at radius 1 is 1.75 bits per heavy atom. The zero-order chi connectivity index (χ0) is 6.20. The summed E-state index contributed by atoms with van der Waals surface area (Å²) in [6.07, 6.45) is 1.28. The molecule has 0 aromatic rings. The van der Waals surface area contributed by atoms with E-state index in [0.717, 1.165) is 12.8 Å². The molecular weight excluding hydrogens is 105 g/mol. The van der Waals surface area contributed by atoms with Gasteiger partial charge in [-0.3, -0.25) is 0 Å². The molecule has 0 radical (unpaired) electrons. The van der Waals surface area contributed by atoms with Gasteiger partial charge in [-0.25, -0.2) is 4.39 Å². The van der Waals surface area contributed by atoms with Crippen LogP contribution in [0.2, 0.25) is 0 Å². The van der Waals surface area contributed by atoms with Crippen LogP contribution in [0.1, 0.15) is 19.8 Å². The molecule has 48 valence electrons. The predicted octanol–water partition coefficient (Wildman–Crippen LogP) is 1.08. The molecule has 1 aliphatic carbocycles. The van der Waals surface area contributed by atoms with Gasteiger partial charge in [0, 0.05) is 12.0 Å². The second-order valence-electron chi connectivity index (χ2n) is 2.86. The van der Waals surface area contributed by atoms with Crippen LogP contribution in [-0.2, 0) is 0 Å². The van der Waals surface area contributed by atoms with Crippen LogP contribution in [0.5, 0.6) is 0 Å². The van der Waals surface area contributed by atoms with E-state index in [4.69, 9.17) is 5.73 Å². The number of hydrogen-bond donors (Lipinski definition) is 1. The molecule has 1 rings (SSSR count). The largest absolute Gasteiger partial charge is 0.328 e. The minimum absolute atomic E-state index is 0.0330. The van der Waals surface area contributed by atoms with Gasteiger partial charge >= 0.3 is 0 Å². The molecule has 0 spiro atoms. The molecule has 1 atom stereocenters. The van der Waals surface area contributed by atoms with Crippen molar-refractivity contribution >= 4 is 0 Å². The van der Waals surface area contributed by atoms with Crippen molar-refractivity contribution in [2.75, 3.05) is 6.54 Å². The fourth-order valence-corrected chi connectivity index (χ4v) is 0.795. The van der Waals surface area contributed by atoms with Crippen molar-refractivity contribution in [3.8, 4) is 0 Å². The highest BCUT2D eigenvalue weighted by atomic mass is 19.1. The van der Waals surface area contributed by atoms with Crippen molar-refractivity contribution in [1.29, 1.82) is 0 Å². The summed E-state index contributed by atoms with van der Waals surface area (Å²) in [6.45, 7) is 2.14.